The van der Waals surface area contributed by atoms with Crippen LogP contribution in [0.15, 0.2) is 0 Å². The molecule has 0 aromatic heterocycles. The van der Waals surface area contributed by atoms with E-state index in [1.54, 1.807) is 14.2 Å². The summed E-state index contributed by atoms with van der Waals surface area (Å²) in [6, 6.07) is 0. The highest BCUT2D eigenvalue weighted by atomic mass is 16.5. The fourth-order valence-corrected chi connectivity index (χ4v) is 1.35. The monoisotopic (exact) mass is 245 g/mol. The Labute approximate surface area is 105 Å². The molecule has 0 heterocycles. The van der Waals surface area contributed by atoms with Crippen molar-refractivity contribution in [3.8, 4) is 0 Å². The fraction of sp³-hybridized carbons (Fsp3) is 0.917. The van der Waals surface area contributed by atoms with Crippen LogP contribution in [0.25, 0.3) is 0 Å². The molecule has 0 spiro atoms. The van der Waals surface area contributed by atoms with E-state index < -0.39 is 0 Å². The normalized spacial score (nSPS) is 12.1. The smallest absolute Gasteiger partial charge is 0.0963 e. The van der Waals surface area contributed by atoms with Crippen molar-refractivity contribution in [2.45, 2.75) is 20.3 Å². The van der Waals surface area contributed by atoms with Gasteiger partial charge in [-0.25, -0.2) is 0 Å². The summed E-state index contributed by atoms with van der Waals surface area (Å²) in [5, 5.41) is 7.53. The van der Waals surface area contributed by atoms with Gasteiger partial charge in [0.05, 0.1) is 19.0 Å². The van der Waals surface area contributed by atoms with Crippen LogP contribution in [-0.4, -0.2) is 57.8 Å². The Balaban J connectivity index is 4.09. The van der Waals surface area contributed by atoms with Crippen molar-refractivity contribution in [1.29, 1.82) is 5.41 Å². The lowest BCUT2D eigenvalue weighted by molar-refractivity contribution is 0.109. The van der Waals surface area contributed by atoms with Gasteiger partial charge in [-0.1, -0.05) is 13.8 Å². The summed E-state index contributed by atoms with van der Waals surface area (Å²) in [6.45, 7) is 8.09. The first-order valence-electron chi connectivity index (χ1n) is 5.98. The van der Waals surface area contributed by atoms with Gasteiger partial charge in [-0.3, -0.25) is 10.3 Å². The number of nitrogens with two attached hydrogens (primary N) is 1. The number of hydrogen-bond donors (Lipinski definition) is 2. The van der Waals surface area contributed by atoms with Gasteiger partial charge in [0, 0.05) is 32.7 Å². The molecule has 0 aliphatic rings. The third-order valence-electron chi connectivity index (χ3n) is 3.01. The zero-order chi connectivity index (χ0) is 13.3. The molecule has 0 aromatic carbocycles. The van der Waals surface area contributed by atoms with Crippen LogP contribution in [0.2, 0.25) is 0 Å². The molecule has 0 amide bonds. The van der Waals surface area contributed by atoms with Gasteiger partial charge in [-0.2, -0.15) is 0 Å². The number of ether oxygens (including phenoxy) is 2. The van der Waals surface area contributed by atoms with E-state index in [9.17, 15) is 0 Å². The maximum Gasteiger partial charge on any atom is 0.0963 e. The van der Waals surface area contributed by atoms with E-state index in [1.165, 1.54) is 0 Å². The third kappa shape index (κ3) is 7.31. The predicted octanol–water partition coefficient (Wildman–Crippen LogP) is 0.933. The van der Waals surface area contributed by atoms with Crippen LogP contribution in [0.4, 0.5) is 0 Å². The van der Waals surface area contributed by atoms with E-state index in [2.05, 4.69) is 4.90 Å². The molecule has 5 heteroatoms. The molecule has 0 atom stereocenters. The first-order valence-corrected chi connectivity index (χ1v) is 5.98. The lowest BCUT2D eigenvalue weighted by atomic mass is 9.88. The van der Waals surface area contributed by atoms with Gasteiger partial charge in [0.2, 0.25) is 0 Å². The Hall–Kier alpha value is -0.650. The molecule has 0 bridgehead atoms. The highest BCUT2D eigenvalue weighted by Gasteiger charge is 2.22. The second-order valence-corrected chi connectivity index (χ2v) is 4.87. The summed E-state index contributed by atoms with van der Waals surface area (Å²) in [5.74, 6) is 0.246. The summed E-state index contributed by atoms with van der Waals surface area (Å²) < 4.78 is 10.2. The van der Waals surface area contributed by atoms with Gasteiger partial charge in [0.15, 0.2) is 0 Å². The SMILES string of the molecule is COCCN(CCOC)CCC(C)(C)C(=N)N. The lowest BCUT2D eigenvalue weighted by Gasteiger charge is -2.28. The highest BCUT2D eigenvalue weighted by Crippen LogP contribution is 2.19. The standard InChI is InChI=1S/C12H27N3O2/c1-12(2,11(13)14)5-6-15(7-9-16-3)8-10-17-4/h5-10H2,1-4H3,(H3,13,14). The van der Waals surface area contributed by atoms with Crippen molar-refractivity contribution in [3.63, 3.8) is 0 Å². The van der Waals surface area contributed by atoms with Crippen LogP contribution < -0.4 is 5.73 Å². The fourth-order valence-electron chi connectivity index (χ4n) is 1.35. The maximum absolute atomic E-state index is 7.53. The summed E-state index contributed by atoms with van der Waals surface area (Å²) in [6.07, 6.45) is 0.871. The Kier molecular flexibility index (Phi) is 8.12. The van der Waals surface area contributed by atoms with Gasteiger partial charge in [0.1, 0.15) is 0 Å². The number of rotatable bonds is 10. The van der Waals surface area contributed by atoms with Gasteiger partial charge in [-0.15, -0.1) is 0 Å². The molecule has 0 aliphatic carbocycles. The Morgan fingerprint density at radius 2 is 1.59 bits per heavy atom. The molecule has 17 heavy (non-hydrogen) atoms. The average Bonchev–Trinajstić information content (AvgIpc) is 2.28. The average molecular weight is 245 g/mol. The minimum Gasteiger partial charge on any atom is -0.387 e. The first-order chi connectivity index (χ1) is 7.94. The highest BCUT2D eigenvalue weighted by molar-refractivity contribution is 5.82. The molecule has 5 nitrogen and oxygen atoms in total. The number of hydrogen-bond acceptors (Lipinski definition) is 4. The molecular weight excluding hydrogens is 218 g/mol. The van der Waals surface area contributed by atoms with E-state index in [1.807, 2.05) is 13.8 Å². The van der Waals surface area contributed by atoms with E-state index in [-0.39, 0.29) is 11.3 Å². The van der Waals surface area contributed by atoms with Crippen LogP contribution in [0.1, 0.15) is 20.3 Å². The van der Waals surface area contributed by atoms with Crippen LogP contribution in [0.5, 0.6) is 0 Å². The first kappa shape index (κ1) is 16.4. The zero-order valence-corrected chi connectivity index (χ0v) is 11.6. The Morgan fingerprint density at radius 3 is 1.94 bits per heavy atom. The molecule has 0 saturated carbocycles. The zero-order valence-electron chi connectivity index (χ0n) is 11.6. The van der Waals surface area contributed by atoms with Gasteiger partial charge in [0.25, 0.3) is 0 Å². The quantitative estimate of drug-likeness (QED) is 0.444. The van der Waals surface area contributed by atoms with E-state index in [0.29, 0.717) is 13.2 Å². The van der Waals surface area contributed by atoms with Crippen LogP contribution >= 0.6 is 0 Å². The van der Waals surface area contributed by atoms with E-state index in [0.717, 1.165) is 26.1 Å². The third-order valence-corrected chi connectivity index (χ3v) is 3.01. The molecule has 102 valence electrons. The van der Waals surface area contributed by atoms with Crippen LogP contribution in [0, 0.1) is 10.8 Å². The minimum absolute atomic E-state index is 0.238. The topological polar surface area (TPSA) is 71.6 Å². The molecule has 0 unspecified atom stereocenters. The summed E-state index contributed by atoms with van der Waals surface area (Å²) >= 11 is 0. The Morgan fingerprint density at radius 1 is 1.12 bits per heavy atom. The molecule has 0 saturated heterocycles. The molecule has 0 rings (SSSR count). The Bertz CT molecular complexity index is 212. The molecular formula is C12H27N3O2. The van der Waals surface area contributed by atoms with Crippen molar-refractivity contribution in [1.82, 2.24) is 4.90 Å². The van der Waals surface area contributed by atoms with Crippen molar-refractivity contribution in [2.24, 2.45) is 11.1 Å². The minimum atomic E-state index is -0.238. The van der Waals surface area contributed by atoms with E-state index in [4.69, 9.17) is 20.6 Å². The van der Waals surface area contributed by atoms with Gasteiger partial charge < -0.3 is 15.2 Å². The second-order valence-electron chi connectivity index (χ2n) is 4.87. The molecule has 0 fully saturated rings. The van der Waals surface area contributed by atoms with Crippen LogP contribution in [-0.2, 0) is 9.47 Å². The number of nitrogens with one attached hydrogen (secondary N) is 1. The molecule has 3 N–H and O–H groups in total. The van der Waals surface area contributed by atoms with Crippen molar-refractivity contribution in [3.05, 3.63) is 0 Å². The predicted molar refractivity (Wildman–Crippen MR) is 70.5 cm³/mol. The van der Waals surface area contributed by atoms with E-state index >= 15 is 0 Å². The van der Waals surface area contributed by atoms with Crippen molar-refractivity contribution < 1.29 is 9.47 Å². The van der Waals surface area contributed by atoms with Crippen molar-refractivity contribution >= 4 is 5.84 Å². The number of amidine groups is 1. The second kappa shape index (κ2) is 8.44. The maximum atomic E-state index is 7.53. The largest absolute Gasteiger partial charge is 0.387 e. The van der Waals surface area contributed by atoms with Gasteiger partial charge in [-0.05, 0) is 13.0 Å². The summed E-state index contributed by atoms with van der Waals surface area (Å²) in [5.41, 5.74) is 5.33. The molecule has 0 aromatic rings. The van der Waals surface area contributed by atoms with Crippen molar-refractivity contribution in [2.75, 3.05) is 47.1 Å². The van der Waals surface area contributed by atoms with Gasteiger partial charge >= 0.3 is 0 Å². The van der Waals surface area contributed by atoms with Crippen LogP contribution in [0.3, 0.4) is 0 Å². The number of nitrogens with zero attached hydrogens (tertiary/aromatic N) is 1. The molecule has 0 aliphatic heterocycles. The summed E-state index contributed by atoms with van der Waals surface area (Å²) in [4.78, 5) is 2.28. The lowest BCUT2D eigenvalue weighted by Crippen LogP contribution is -2.38. The molecule has 0 radical (unpaired) electrons. The summed E-state index contributed by atoms with van der Waals surface area (Å²) in [7, 11) is 3.40. The number of methoxy groups -OCH3 is 2.